The van der Waals surface area contributed by atoms with Crippen LogP contribution in [-0.2, 0) is 0 Å². The summed E-state index contributed by atoms with van der Waals surface area (Å²) in [5.74, 6) is 1.31. The first kappa shape index (κ1) is 16.3. The molecule has 0 aliphatic rings. The smallest absolute Gasteiger partial charge is 0.138 e. The molecule has 0 fully saturated rings. The summed E-state index contributed by atoms with van der Waals surface area (Å²) in [5, 5.41) is 14.6. The van der Waals surface area contributed by atoms with Crippen molar-refractivity contribution in [1.29, 1.82) is 0 Å². The highest BCUT2D eigenvalue weighted by atomic mass is 35.5. The molecular formula is C17H16ClN3O3. The maximum atomic E-state index is 9.93. The molecule has 3 aromatic rings. The van der Waals surface area contributed by atoms with Gasteiger partial charge in [0, 0.05) is 5.02 Å². The Bertz CT molecular complexity index is 746. The highest BCUT2D eigenvalue weighted by molar-refractivity contribution is 6.30. The number of nitrogens with zero attached hydrogens (tertiary/aromatic N) is 3. The number of aromatic nitrogens is 3. The maximum Gasteiger partial charge on any atom is 0.138 e. The van der Waals surface area contributed by atoms with Crippen LogP contribution in [0.2, 0.25) is 5.02 Å². The fourth-order valence-corrected chi connectivity index (χ4v) is 2.13. The molecule has 0 saturated heterocycles. The van der Waals surface area contributed by atoms with Crippen molar-refractivity contribution in [2.24, 2.45) is 0 Å². The molecule has 1 atom stereocenters. The van der Waals surface area contributed by atoms with Crippen molar-refractivity contribution in [2.75, 3.05) is 13.2 Å². The Morgan fingerprint density at radius 2 is 1.54 bits per heavy atom. The van der Waals surface area contributed by atoms with E-state index in [0.717, 1.165) is 5.69 Å². The Labute approximate surface area is 144 Å². The number of hydrogen-bond donors (Lipinski definition) is 1. The summed E-state index contributed by atoms with van der Waals surface area (Å²) in [6.45, 7) is 0.273. The lowest BCUT2D eigenvalue weighted by atomic mass is 10.3. The van der Waals surface area contributed by atoms with Crippen LogP contribution in [0.3, 0.4) is 0 Å². The van der Waals surface area contributed by atoms with Crippen molar-refractivity contribution in [2.45, 2.75) is 6.10 Å². The standard InChI is InChI=1S/C17H16ClN3O3/c18-13-1-5-16(6-2-13)23-9-15(22)10-24-17-7-3-14(4-8-17)21-12-19-11-20-21/h1-8,11-12,15,22H,9-10H2. The Balaban J connectivity index is 1.45. The molecule has 0 saturated carbocycles. The lowest BCUT2D eigenvalue weighted by Gasteiger charge is -2.14. The number of benzene rings is 2. The van der Waals surface area contributed by atoms with Crippen LogP contribution in [-0.4, -0.2) is 39.2 Å². The molecule has 0 radical (unpaired) electrons. The first-order valence-electron chi connectivity index (χ1n) is 7.35. The minimum Gasteiger partial charge on any atom is -0.491 e. The molecule has 1 aromatic heterocycles. The zero-order valence-corrected chi connectivity index (χ0v) is 13.5. The van der Waals surface area contributed by atoms with Gasteiger partial charge in [-0.15, -0.1) is 0 Å². The van der Waals surface area contributed by atoms with E-state index in [1.807, 2.05) is 24.3 Å². The van der Waals surface area contributed by atoms with Crippen LogP contribution in [0.1, 0.15) is 0 Å². The van der Waals surface area contributed by atoms with Gasteiger partial charge in [-0.2, -0.15) is 5.10 Å². The van der Waals surface area contributed by atoms with Crippen LogP contribution >= 0.6 is 11.6 Å². The predicted octanol–water partition coefficient (Wildman–Crippen LogP) is 2.74. The highest BCUT2D eigenvalue weighted by Crippen LogP contribution is 2.16. The van der Waals surface area contributed by atoms with Crippen LogP contribution < -0.4 is 9.47 Å². The second-order valence-corrected chi connectivity index (χ2v) is 5.50. The fourth-order valence-electron chi connectivity index (χ4n) is 2.00. The van der Waals surface area contributed by atoms with Crippen LogP contribution in [0.15, 0.2) is 61.2 Å². The Kier molecular flexibility index (Phi) is 5.30. The molecule has 0 aliphatic heterocycles. The van der Waals surface area contributed by atoms with Gasteiger partial charge in [-0.1, -0.05) is 11.6 Å². The van der Waals surface area contributed by atoms with Gasteiger partial charge in [0.1, 0.15) is 43.5 Å². The van der Waals surface area contributed by atoms with Gasteiger partial charge in [-0.05, 0) is 48.5 Å². The van der Waals surface area contributed by atoms with Gasteiger partial charge >= 0.3 is 0 Å². The number of aliphatic hydroxyl groups is 1. The third-order valence-electron chi connectivity index (χ3n) is 3.22. The largest absolute Gasteiger partial charge is 0.491 e. The van der Waals surface area contributed by atoms with E-state index < -0.39 is 6.10 Å². The monoisotopic (exact) mass is 345 g/mol. The van der Waals surface area contributed by atoms with Crippen LogP contribution in [0, 0.1) is 0 Å². The van der Waals surface area contributed by atoms with Crippen molar-refractivity contribution in [1.82, 2.24) is 14.8 Å². The highest BCUT2D eigenvalue weighted by Gasteiger charge is 2.07. The van der Waals surface area contributed by atoms with E-state index in [0.29, 0.717) is 16.5 Å². The normalized spacial score (nSPS) is 11.9. The summed E-state index contributed by atoms with van der Waals surface area (Å²) in [6.07, 6.45) is 2.35. The molecule has 3 rings (SSSR count). The molecule has 1 N–H and O–H groups in total. The molecule has 0 aliphatic carbocycles. The van der Waals surface area contributed by atoms with E-state index in [-0.39, 0.29) is 13.2 Å². The fraction of sp³-hybridized carbons (Fsp3) is 0.176. The molecule has 0 bridgehead atoms. The molecule has 6 nitrogen and oxygen atoms in total. The van der Waals surface area contributed by atoms with Gasteiger partial charge in [0.15, 0.2) is 0 Å². The maximum absolute atomic E-state index is 9.93. The van der Waals surface area contributed by atoms with E-state index in [4.69, 9.17) is 21.1 Å². The molecule has 1 unspecified atom stereocenters. The summed E-state index contributed by atoms with van der Waals surface area (Å²) in [5.41, 5.74) is 0.881. The van der Waals surface area contributed by atoms with Crippen molar-refractivity contribution >= 4 is 11.6 Å². The topological polar surface area (TPSA) is 69.4 Å². The Morgan fingerprint density at radius 1 is 0.958 bits per heavy atom. The second-order valence-electron chi connectivity index (χ2n) is 5.06. The molecule has 0 spiro atoms. The molecule has 7 heteroatoms. The third-order valence-corrected chi connectivity index (χ3v) is 3.47. The van der Waals surface area contributed by atoms with Gasteiger partial charge in [0.05, 0.1) is 5.69 Å². The summed E-state index contributed by atoms with van der Waals surface area (Å²) in [4.78, 5) is 3.90. The molecule has 2 aromatic carbocycles. The van der Waals surface area contributed by atoms with Gasteiger partial charge < -0.3 is 14.6 Å². The van der Waals surface area contributed by atoms with E-state index in [1.165, 1.54) is 6.33 Å². The van der Waals surface area contributed by atoms with Crippen molar-refractivity contribution in [3.05, 3.63) is 66.2 Å². The van der Waals surface area contributed by atoms with E-state index in [1.54, 1.807) is 35.3 Å². The molecule has 1 heterocycles. The van der Waals surface area contributed by atoms with Gasteiger partial charge in [0.25, 0.3) is 0 Å². The molecular weight excluding hydrogens is 330 g/mol. The zero-order chi connectivity index (χ0) is 16.8. The summed E-state index contributed by atoms with van der Waals surface area (Å²) < 4.78 is 12.7. The van der Waals surface area contributed by atoms with Gasteiger partial charge in [-0.3, -0.25) is 0 Å². The van der Waals surface area contributed by atoms with Crippen molar-refractivity contribution in [3.8, 4) is 17.2 Å². The minimum absolute atomic E-state index is 0.135. The minimum atomic E-state index is -0.740. The lowest BCUT2D eigenvalue weighted by Crippen LogP contribution is -2.25. The number of hydrogen-bond acceptors (Lipinski definition) is 5. The molecule has 124 valence electrons. The van der Waals surface area contributed by atoms with Crippen LogP contribution in [0.5, 0.6) is 11.5 Å². The number of aliphatic hydroxyl groups excluding tert-OH is 1. The third kappa shape index (κ3) is 4.47. The summed E-state index contributed by atoms with van der Waals surface area (Å²) >= 11 is 5.80. The first-order valence-corrected chi connectivity index (χ1v) is 7.73. The zero-order valence-electron chi connectivity index (χ0n) is 12.7. The van der Waals surface area contributed by atoms with E-state index >= 15 is 0 Å². The SMILES string of the molecule is OC(COc1ccc(Cl)cc1)COc1ccc(-n2cncn2)cc1. The number of ether oxygens (including phenoxy) is 2. The van der Waals surface area contributed by atoms with E-state index in [9.17, 15) is 5.11 Å². The second kappa shape index (κ2) is 7.81. The molecule has 0 amide bonds. The Morgan fingerprint density at radius 3 is 2.08 bits per heavy atom. The Hall–Kier alpha value is -2.57. The summed E-state index contributed by atoms with van der Waals surface area (Å²) in [7, 11) is 0. The average Bonchev–Trinajstić information content (AvgIpc) is 3.14. The number of halogens is 1. The molecule has 24 heavy (non-hydrogen) atoms. The van der Waals surface area contributed by atoms with E-state index in [2.05, 4.69) is 10.1 Å². The first-order chi connectivity index (χ1) is 11.7. The quantitative estimate of drug-likeness (QED) is 0.713. The lowest BCUT2D eigenvalue weighted by molar-refractivity contribution is 0.0626. The van der Waals surface area contributed by atoms with Crippen molar-refractivity contribution in [3.63, 3.8) is 0 Å². The summed E-state index contributed by atoms with van der Waals surface area (Å²) in [6, 6.07) is 14.3. The van der Waals surface area contributed by atoms with Gasteiger partial charge in [-0.25, -0.2) is 9.67 Å². The van der Waals surface area contributed by atoms with Gasteiger partial charge in [0.2, 0.25) is 0 Å². The van der Waals surface area contributed by atoms with Crippen molar-refractivity contribution < 1.29 is 14.6 Å². The predicted molar refractivity (Wildman–Crippen MR) is 89.8 cm³/mol. The van der Waals surface area contributed by atoms with Crippen LogP contribution in [0.25, 0.3) is 5.69 Å². The average molecular weight is 346 g/mol. The van der Waals surface area contributed by atoms with Crippen LogP contribution in [0.4, 0.5) is 0 Å². The number of rotatable bonds is 7.